The number of hydrogen-bond donors (Lipinski definition) is 0. The molecule has 0 rings (SSSR count). The Morgan fingerprint density at radius 1 is 1.18 bits per heavy atom. The summed E-state index contributed by atoms with van der Waals surface area (Å²) in [5.74, 6) is 0.758. The Morgan fingerprint density at radius 2 is 1.64 bits per heavy atom. The SMILES string of the molecule is CC=CC(CC)(CC)C(C)C. The highest BCUT2D eigenvalue weighted by Gasteiger charge is 2.25. The molecule has 0 unspecified atom stereocenters. The van der Waals surface area contributed by atoms with Gasteiger partial charge < -0.3 is 0 Å². The van der Waals surface area contributed by atoms with Crippen molar-refractivity contribution in [3.8, 4) is 0 Å². The molecule has 0 saturated carbocycles. The first kappa shape index (κ1) is 10.7. The van der Waals surface area contributed by atoms with Crippen molar-refractivity contribution in [3.05, 3.63) is 12.2 Å². The molecular formula is C11H22. The van der Waals surface area contributed by atoms with Crippen LogP contribution in [-0.2, 0) is 0 Å². The van der Waals surface area contributed by atoms with Gasteiger partial charge in [0.15, 0.2) is 0 Å². The summed E-state index contributed by atoms with van der Waals surface area (Å²) in [6.07, 6.45) is 7.07. The van der Waals surface area contributed by atoms with E-state index in [4.69, 9.17) is 0 Å². The second kappa shape index (κ2) is 4.58. The zero-order chi connectivity index (χ0) is 8.91. The van der Waals surface area contributed by atoms with Gasteiger partial charge in [0.2, 0.25) is 0 Å². The van der Waals surface area contributed by atoms with E-state index in [2.05, 4.69) is 46.8 Å². The van der Waals surface area contributed by atoms with Crippen LogP contribution < -0.4 is 0 Å². The molecule has 0 aromatic heterocycles. The zero-order valence-corrected chi connectivity index (χ0v) is 8.65. The van der Waals surface area contributed by atoms with E-state index in [9.17, 15) is 0 Å². The van der Waals surface area contributed by atoms with Crippen LogP contribution in [-0.4, -0.2) is 0 Å². The molecule has 0 aliphatic carbocycles. The van der Waals surface area contributed by atoms with Gasteiger partial charge in [-0.05, 0) is 31.1 Å². The maximum absolute atomic E-state index is 2.37. The van der Waals surface area contributed by atoms with Gasteiger partial charge in [-0.1, -0.05) is 39.8 Å². The second-order valence-corrected chi connectivity index (χ2v) is 3.59. The van der Waals surface area contributed by atoms with E-state index in [1.165, 1.54) is 12.8 Å². The van der Waals surface area contributed by atoms with E-state index in [1.54, 1.807) is 0 Å². The molecule has 0 aliphatic rings. The lowest BCUT2D eigenvalue weighted by Crippen LogP contribution is -2.22. The molecule has 0 heteroatoms. The molecule has 0 aliphatic heterocycles. The predicted molar refractivity (Wildman–Crippen MR) is 52.7 cm³/mol. The van der Waals surface area contributed by atoms with Crippen LogP contribution in [0.2, 0.25) is 0 Å². The summed E-state index contributed by atoms with van der Waals surface area (Å²) in [5, 5.41) is 0. The van der Waals surface area contributed by atoms with Gasteiger partial charge in [-0.25, -0.2) is 0 Å². The first-order valence-electron chi connectivity index (χ1n) is 4.76. The standard InChI is InChI=1S/C11H22/c1-6-9-11(7-2,8-3)10(4)5/h6,9-10H,7-8H2,1-5H3. The van der Waals surface area contributed by atoms with Gasteiger partial charge in [0, 0.05) is 0 Å². The van der Waals surface area contributed by atoms with Gasteiger partial charge >= 0.3 is 0 Å². The summed E-state index contributed by atoms with van der Waals surface area (Å²) < 4.78 is 0. The molecule has 0 saturated heterocycles. The van der Waals surface area contributed by atoms with Crippen molar-refractivity contribution in [2.75, 3.05) is 0 Å². The van der Waals surface area contributed by atoms with Crippen LogP contribution in [0.15, 0.2) is 12.2 Å². The third-order valence-electron chi connectivity index (χ3n) is 2.96. The van der Waals surface area contributed by atoms with Crippen molar-refractivity contribution in [1.29, 1.82) is 0 Å². The van der Waals surface area contributed by atoms with Crippen LogP contribution in [0.3, 0.4) is 0 Å². The summed E-state index contributed by atoms with van der Waals surface area (Å²) in [7, 11) is 0. The summed E-state index contributed by atoms with van der Waals surface area (Å²) in [5.41, 5.74) is 0.453. The van der Waals surface area contributed by atoms with Crippen LogP contribution in [0.4, 0.5) is 0 Å². The lowest BCUT2D eigenvalue weighted by molar-refractivity contribution is 0.244. The molecule has 0 fully saturated rings. The Bertz CT molecular complexity index is 116. The summed E-state index contributed by atoms with van der Waals surface area (Å²) in [6, 6.07) is 0. The van der Waals surface area contributed by atoms with Gasteiger partial charge in [-0.15, -0.1) is 0 Å². The van der Waals surface area contributed by atoms with Crippen LogP contribution in [0.1, 0.15) is 47.5 Å². The molecule has 66 valence electrons. The molecule has 0 aromatic rings. The third kappa shape index (κ3) is 2.36. The molecule has 0 nitrogen and oxygen atoms in total. The van der Waals surface area contributed by atoms with Crippen molar-refractivity contribution < 1.29 is 0 Å². The van der Waals surface area contributed by atoms with Crippen LogP contribution in [0.25, 0.3) is 0 Å². The van der Waals surface area contributed by atoms with Crippen LogP contribution in [0.5, 0.6) is 0 Å². The van der Waals surface area contributed by atoms with E-state index in [0.29, 0.717) is 5.41 Å². The van der Waals surface area contributed by atoms with Gasteiger partial charge in [-0.3, -0.25) is 0 Å². The summed E-state index contributed by atoms with van der Waals surface area (Å²) in [4.78, 5) is 0. The lowest BCUT2D eigenvalue weighted by atomic mass is 9.73. The second-order valence-electron chi connectivity index (χ2n) is 3.59. The van der Waals surface area contributed by atoms with Gasteiger partial charge in [0.25, 0.3) is 0 Å². The average Bonchev–Trinajstić information content (AvgIpc) is 2.00. The Kier molecular flexibility index (Phi) is 4.48. The molecular weight excluding hydrogens is 132 g/mol. The van der Waals surface area contributed by atoms with Gasteiger partial charge in [0.1, 0.15) is 0 Å². The lowest BCUT2D eigenvalue weighted by Gasteiger charge is -2.32. The predicted octanol–water partition coefficient (Wildman–Crippen LogP) is 4.02. The van der Waals surface area contributed by atoms with E-state index in [-0.39, 0.29) is 0 Å². The molecule has 0 aromatic carbocycles. The maximum atomic E-state index is 2.37. The average molecular weight is 154 g/mol. The first-order valence-corrected chi connectivity index (χ1v) is 4.76. The monoisotopic (exact) mass is 154 g/mol. The van der Waals surface area contributed by atoms with Crippen molar-refractivity contribution in [2.24, 2.45) is 11.3 Å². The van der Waals surface area contributed by atoms with Gasteiger partial charge in [-0.2, -0.15) is 0 Å². The van der Waals surface area contributed by atoms with Crippen molar-refractivity contribution in [3.63, 3.8) is 0 Å². The largest absolute Gasteiger partial charge is 0.0911 e. The smallest absolute Gasteiger partial charge is 0.0101 e. The summed E-state index contributed by atoms with van der Waals surface area (Å²) >= 11 is 0. The van der Waals surface area contributed by atoms with Crippen molar-refractivity contribution in [2.45, 2.75) is 47.5 Å². The molecule has 0 radical (unpaired) electrons. The fourth-order valence-electron chi connectivity index (χ4n) is 1.83. The third-order valence-corrected chi connectivity index (χ3v) is 2.96. The Labute approximate surface area is 71.7 Å². The Balaban J connectivity index is 4.46. The minimum absolute atomic E-state index is 0.453. The fraction of sp³-hybridized carbons (Fsp3) is 0.818. The quantitative estimate of drug-likeness (QED) is 0.536. The Hall–Kier alpha value is -0.260. The molecule has 0 amide bonds. The molecule has 11 heavy (non-hydrogen) atoms. The minimum atomic E-state index is 0.453. The van der Waals surface area contributed by atoms with Gasteiger partial charge in [0.05, 0.1) is 0 Å². The van der Waals surface area contributed by atoms with E-state index >= 15 is 0 Å². The minimum Gasteiger partial charge on any atom is -0.0911 e. The zero-order valence-electron chi connectivity index (χ0n) is 8.65. The fourth-order valence-corrected chi connectivity index (χ4v) is 1.83. The van der Waals surface area contributed by atoms with E-state index < -0.39 is 0 Å². The first-order chi connectivity index (χ1) is 5.13. The van der Waals surface area contributed by atoms with E-state index in [0.717, 1.165) is 5.92 Å². The number of rotatable bonds is 4. The molecule has 0 N–H and O–H groups in total. The molecule has 0 spiro atoms. The molecule has 0 heterocycles. The highest BCUT2D eigenvalue weighted by molar-refractivity contribution is 4.98. The molecule has 0 bridgehead atoms. The highest BCUT2D eigenvalue weighted by atomic mass is 14.3. The van der Waals surface area contributed by atoms with Crippen LogP contribution >= 0.6 is 0 Å². The van der Waals surface area contributed by atoms with Crippen molar-refractivity contribution in [1.82, 2.24) is 0 Å². The summed E-state index contributed by atoms with van der Waals surface area (Å²) in [6.45, 7) is 11.3. The maximum Gasteiger partial charge on any atom is -0.0101 e. The highest BCUT2D eigenvalue weighted by Crippen LogP contribution is 2.36. The normalized spacial score (nSPS) is 13.3. The number of allylic oxidation sites excluding steroid dienone is 2. The van der Waals surface area contributed by atoms with E-state index in [1.807, 2.05) is 0 Å². The van der Waals surface area contributed by atoms with Crippen LogP contribution in [0, 0.1) is 11.3 Å². The topological polar surface area (TPSA) is 0 Å². The Morgan fingerprint density at radius 3 is 1.73 bits per heavy atom. The molecule has 0 atom stereocenters. The van der Waals surface area contributed by atoms with Crippen molar-refractivity contribution >= 4 is 0 Å². The number of hydrogen-bond acceptors (Lipinski definition) is 0.